The Kier molecular flexibility index (Phi) is 12.1. The van der Waals surface area contributed by atoms with Crippen LogP contribution in [-0.2, 0) is 4.79 Å². The summed E-state index contributed by atoms with van der Waals surface area (Å²) < 4.78 is 0. The second kappa shape index (κ2) is 12.5. The molecule has 0 N–H and O–H groups in total. The molecule has 95 valence electrons. The zero-order valence-electron chi connectivity index (χ0n) is 11.1. The van der Waals surface area contributed by atoms with E-state index in [0.29, 0.717) is 0 Å². The highest BCUT2D eigenvalue weighted by Gasteiger charge is 1.94. The summed E-state index contributed by atoms with van der Waals surface area (Å²) in [7, 11) is 0. The number of hydrogen-bond acceptors (Lipinski definition) is 1. The molecule has 0 rings (SSSR count). The lowest BCUT2D eigenvalue weighted by Crippen LogP contribution is -2.12. The molecule has 1 amide bonds. The van der Waals surface area contributed by atoms with Crippen LogP contribution in [0.4, 0.5) is 0 Å². The van der Waals surface area contributed by atoms with E-state index >= 15 is 0 Å². The van der Waals surface area contributed by atoms with Crippen molar-refractivity contribution in [2.45, 2.75) is 78.1 Å². The average Bonchev–Trinajstić information content (AvgIpc) is 2.25. The standard InChI is InChI=1S/C14H28NO/c1-3-4-5-6-7-8-9-10-11-12-13-15-14(2)16/h3-13H2,1-2H3. The molecule has 0 spiro atoms. The maximum Gasteiger partial charge on any atom is 0.238 e. The second-order valence-electron chi connectivity index (χ2n) is 4.58. The van der Waals surface area contributed by atoms with Crippen molar-refractivity contribution in [3.63, 3.8) is 0 Å². The first kappa shape index (κ1) is 15.5. The summed E-state index contributed by atoms with van der Waals surface area (Å²) in [6, 6.07) is 0. The summed E-state index contributed by atoms with van der Waals surface area (Å²) in [6.45, 7) is 4.51. The van der Waals surface area contributed by atoms with E-state index in [2.05, 4.69) is 12.2 Å². The third kappa shape index (κ3) is 13.5. The van der Waals surface area contributed by atoms with Gasteiger partial charge >= 0.3 is 0 Å². The lowest BCUT2D eigenvalue weighted by Gasteiger charge is -2.01. The van der Waals surface area contributed by atoms with Crippen LogP contribution in [0.15, 0.2) is 0 Å². The van der Waals surface area contributed by atoms with Gasteiger partial charge in [-0.2, -0.15) is 0 Å². The Morgan fingerprint density at radius 2 is 1.25 bits per heavy atom. The van der Waals surface area contributed by atoms with Gasteiger partial charge in [-0.25, -0.2) is 0 Å². The Bertz CT molecular complexity index is 157. The van der Waals surface area contributed by atoms with Crippen LogP contribution in [0.25, 0.3) is 0 Å². The highest BCUT2D eigenvalue weighted by Crippen LogP contribution is 2.10. The number of hydrogen-bond donors (Lipinski definition) is 0. The molecule has 2 heteroatoms. The van der Waals surface area contributed by atoms with Crippen LogP contribution in [0.2, 0.25) is 0 Å². The van der Waals surface area contributed by atoms with Gasteiger partial charge in [0, 0.05) is 13.5 Å². The molecule has 0 aliphatic heterocycles. The fraction of sp³-hybridized carbons (Fsp3) is 0.929. The second-order valence-corrected chi connectivity index (χ2v) is 4.58. The van der Waals surface area contributed by atoms with Gasteiger partial charge in [-0.1, -0.05) is 64.7 Å². The number of unbranched alkanes of at least 4 members (excludes halogenated alkanes) is 9. The largest absolute Gasteiger partial charge is 0.273 e. The first-order valence-corrected chi connectivity index (χ1v) is 6.95. The van der Waals surface area contributed by atoms with Crippen molar-refractivity contribution in [3.05, 3.63) is 0 Å². The van der Waals surface area contributed by atoms with Crippen molar-refractivity contribution >= 4 is 5.91 Å². The molecular formula is C14H28NO. The molecule has 0 saturated heterocycles. The van der Waals surface area contributed by atoms with Gasteiger partial charge in [0.05, 0.1) is 0 Å². The summed E-state index contributed by atoms with van der Waals surface area (Å²) in [4.78, 5) is 10.5. The Hall–Kier alpha value is -0.530. The predicted octanol–water partition coefficient (Wildman–Crippen LogP) is 4.06. The minimum Gasteiger partial charge on any atom is -0.273 e. The molecular weight excluding hydrogens is 198 g/mol. The molecule has 0 fully saturated rings. The van der Waals surface area contributed by atoms with Gasteiger partial charge in [-0.15, -0.1) is 0 Å². The fourth-order valence-electron chi connectivity index (χ4n) is 1.84. The zero-order valence-corrected chi connectivity index (χ0v) is 11.1. The van der Waals surface area contributed by atoms with Crippen molar-refractivity contribution in [2.24, 2.45) is 0 Å². The van der Waals surface area contributed by atoms with E-state index in [1.165, 1.54) is 64.7 Å². The summed E-state index contributed by atoms with van der Waals surface area (Å²) in [5.74, 6) is -0.0316. The van der Waals surface area contributed by atoms with Gasteiger partial charge in [0.1, 0.15) is 0 Å². The van der Waals surface area contributed by atoms with E-state index in [9.17, 15) is 4.79 Å². The van der Waals surface area contributed by atoms with E-state index in [1.807, 2.05) is 0 Å². The first-order valence-electron chi connectivity index (χ1n) is 6.95. The van der Waals surface area contributed by atoms with Gasteiger partial charge < -0.3 is 0 Å². The molecule has 0 aliphatic rings. The Balaban J connectivity index is 2.90. The smallest absolute Gasteiger partial charge is 0.238 e. The van der Waals surface area contributed by atoms with E-state index in [-0.39, 0.29) is 5.91 Å². The summed E-state index contributed by atoms with van der Waals surface area (Å²) in [5.41, 5.74) is 0. The topological polar surface area (TPSA) is 31.2 Å². The number of carbonyl (C=O) groups is 1. The highest BCUT2D eigenvalue weighted by molar-refractivity contribution is 5.72. The molecule has 0 heterocycles. The quantitative estimate of drug-likeness (QED) is 0.489. The molecule has 0 atom stereocenters. The van der Waals surface area contributed by atoms with Gasteiger partial charge in [-0.05, 0) is 6.42 Å². The van der Waals surface area contributed by atoms with Gasteiger partial charge in [-0.3, -0.25) is 10.1 Å². The van der Waals surface area contributed by atoms with Crippen LogP contribution < -0.4 is 5.32 Å². The molecule has 1 radical (unpaired) electrons. The summed E-state index contributed by atoms with van der Waals surface area (Å²) in [5, 5.41) is 3.85. The maximum atomic E-state index is 10.5. The van der Waals surface area contributed by atoms with Crippen LogP contribution in [0.3, 0.4) is 0 Å². The summed E-state index contributed by atoms with van der Waals surface area (Å²) >= 11 is 0. The first-order chi connectivity index (χ1) is 7.77. The number of amides is 1. The van der Waals surface area contributed by atoms with Gasteiger partial charge in [0.2, 0.25) is 5.91 Å². The average molecular weight is 226 g/mol. The molecule has 16 heavy (non-hydrogen) atoms. The molecule has 0 bridgehead atoms. The molecule has 0 aliphatic carbocycles. The number of nitrogens with zero attached hydrogens (tertiary/aromatic N) is 1. The van der Waals surface area contributed by atoms with Crippen LogP contribution >= 0.6 is 0 Å². The molecule has 0 saturated carbocycles. The predicted molar refractivity (Wildman–Crippen MR) is 69.5 cm³/mol. The lowest BCUT2D eigenvalue weighted by molar-refractivity contribution is -0.119. The molecule has 2 nitrogen and oxygen atoms in total. The minimum absolute atomic E-state index is 0.0316. The summed E-state index contributed by atoms with van der Waals surface area (Å²) in [6.07, 6.45) is 13.3. The van der Waals surface area contributed by atoms with Crippen LogP contribution in [0, 0.1) is 0 Å². The van der Waals surface area contributed by atoms with Crippen molar-refractivity contribution in [3.8, 4) is 0 Å². The normalized spacial score (nSPS) is 10.4. The highest BCUT2D eigenvalue weighted by atomic mass is 16.1. The molecule has 0 aromatic rings. The van der Waals surface area contributed by atoms with Gasteiger partial charge in [0.15, 0.2) is 0 Å². The fourth-order valence-corrected chi connectivity index (χ4v) is 1.84. The maximum absolute atomic E-state index is 10.5. The van der Waals surface area contributed by atoms with Crippen molar-refractivity contribution < 1.29 is 4.79 Å². The van der Waals surface area contributed by atoms with Crippen molar-refractivity contribution in [2.75, 3.05) is 6.54 Å². The zero-order chi connectivity index (χ0) is 12.1. The van der Waals surface area contributed by atoms with Crippen LogP contribution in [0.5, 0.6) is 0 Å². The number of carbonyl (C=O) groups excluding carboxylic acids is 1. The van der Waals surface area contributed by atoms with Gasteiger partial charge in [0.25, 0.3) is 0 Å². The minimum atomic E-state index is -0.0316. The van der Waals surface area contributed by atoms with E-state index in [4.69, 9.17) is 0 Å². The van der Waals surface area contributed by atoms with Crippen molar-refractivity contribution in [1.29, 1.82) is 0 Å². The van der Waals surface area contributed by atoms with E-state index in [0.717, 1.165) is 13.0 Å². The molecule has 0 unspecified atom stereocenters. The molecule has 0 aromatic carbocycles. The van der Waals surface area contributed by atoms with Crippen LogP contribution in [0.1, 0.15) is 78.1 Å². The van der Waals surface area contributed by atoms with Crippen LogP contribution in [-0.4, -0.2) is 12.5 Å². The third-order valence-corrected chi connectivity index (χ3v) is 2.85. The molecule has 0 aromatic heterocycles. The Morgan fingerprint density at radius 3 is 1.69 bits per heavy atom. The lowest BCUT2D eigenvalue weighted by atomic mass is 10.1. The SMILES string of the molecule is CCCCCCCCCCCC[N]C(C)=O. The monoisotopic (exact) mass is 226 g/mol. The Labute approximate surface area is 101 Å². The van der Waals surface area contributed by atoms with Crippen molar-refractivity contribution in [1.82, 2.24) is 5.32 Å². The number of rotatable bonds is 11. The Morgan fingerprint density at radius 1 is 0.812 bits per heavy atom. The third-order valence-electron chi connectivity index (χ3n) is 2.85. The van der Waals surface area contributed by atoms with E-state index < -0.39 is 0 Å². The van der Waals surface area contributed by atoms with E-state index in [1.54, 1.807) is 0 Å².